The molecule has 2 atom stereocenters. The maximum atomic E-state index is 12.2. The van der Waals surface area contributed by atoms with E-state index in [9.17, 15) is 9.90 Å². The van der Waals surface area contributed by atoms with Crippen LogP contribution in [0.15, 0.2) is 12.1 Å². The largest absolute Gasteiger partial charge is 0.396 e. The maximum Gasteiger partial charge on any atom is 0.225 e. The third-order valence-electron chi connectivity index (χ3n) is 5.13. The van der Waals surface area contributed by atoms with Crippen molar-refractivity contribution in [1.82, 2.24) is 9.80 Å². The third kappa shape index (κ3) is 2.82. The molecule has 3 rings (SSSR count). The smallest absolute Gasteiger partial charge is 0.225 e. The van der Waals surface area contributed by atoms with Gasteiger partial charge in [-0.05, 0) is 25.0 Å². The Balaban J connectivity index is 1.67. The molecule has 3 heterocycles. The standard InChI is InChI=1S/C17H26N2O2S/c1-12(2)16(21)19-7-14-6-18(9-17(14,10-19)11-20)8-15-5-4-13(3)22-15/h4-5,12,14,20H,6-11H2,1-3H3/t14-,17+/m0/s1. The predicted octanol–water partition coefficient (Wildman–Crippen LogP) is 1.97. The molecule has 0 saturated carbocycles. The zero-order valence-electron chi connectivity index (χ0n) is 13.7. The minimum absolute atomic E-state index is 0.0415. The monoisotopic (exact) mass is 322 g/mol. The summed E-state index contributed by atoms with van der Waals surface area (Å²) in [7, 11) is 0. The molecule has 0 spiro atoms. The van der Waals surface area contributed by atoms with Crippen LogP contribution in [0.2, 0.25) is 0 Å². The highest BCUT2D eigenvalue weighted by Gasteiger charge is 2.53. The van der Waals surface area contributed by atoms with Crippen molar-refractivity contribution in [3.05, 3.63) is 21.9 Å². The molecule has 2 aliphatic heterocycles. The quantitative estimate of drug-likeness (QED) is 0.922. The first-order valence-corrected chi connectivity index (χ1v) is 8.92. The van der Waals surface area contributed by atoms with Crippen molar-refractivity contribution in [2.24, 2.45) is 17.3 Å². The molecule has 5 heteroatoms. The Bertz CT molecular complexity index is 557. The summed E-state index contributed by atoms with van der Waals surface area (Å²) in [5, 5.41) is 9.99. The van der Waals surface area contributed by atoms with Crippen molar-refractivity contribution in [3.8, 4) is 0 Å². The molecular formula is C17H26N2O2S. The third-order valence-corrected chi connectivity index (χ3v) is 6.11. The Morgan fingerprint density at radius 1 is 1.41 bits per heavy atom. The van der Waals surface area contributed by atoms with E-state index in [1.165, 1.54) is 9.75 Å². The van der Waals surface area contributed by atoms with E-state index in [-0.39, 0.29) is 23.8 Å². The second-order valence-corrected chi connectivity index (χ2v) is 8.65. The van der Waals surface area contributed by atoms with Crippen molar-refractivity contribution in [1.29, 1.82) is 0 Å². The summed E-state index contributed by atoms with van der Waals surface area (Å²) in [6.07, 6.45) is 0. The van der Waals surface area contributed by atoms with Crippen LogP contribution in [0.3, 0.4) is 0 Å². The minimum atomic E-state index is -0.114. The first-order valence-electron chi connectivity index (χ1n) is 8.11. The van der Waals surface area contributed by atoms with E-state index >= 15 is 0 Å². The summed E-state index contributed by atoms with van der Waals surface area (Å²) < 4.78 is 0. The van der Waals surface area contributed by atoms with E-state index in [0.717, 1.165) is 26.2 Å². The number of fused-ring (bicyclic) bond motifs is 1. The summed E-state index contributed by atoms with van der Waals surface area (Å²) in [5.41, 5.74) is -0.114. The van der Waals surface area contributed by atoms with Crippen molar-refractivity contribution < 1.29 is 9.90 Å². The fraction of sp³-hybridized carbons (Fsp3) is 0.706. The lowest BCUT2D eigenvalue weighted by atomic mass is 9.82. The minimum Gasteiger partial charge on any atom is -0.396 e. The first kappa shape index (κ1) is 16.0. The maximum absolute atomic E-state index is 12.2. The number of rotatable bonds is 4. The van der Waals surface area contributed by atoms with Crippen LogP contribution >= 0.6 is 11.3 Å². The van der Waals surface area contributed by atoms with Crippen LogP contribution in [-0.2, 0) is 11.3 Å². The summed E-state index contributed by atoms with van der Waals surface area (Å²) in [5.74, 6) is 0.670. The number of amides is 1. The van der Waals surface area contributed by atoms with Crippen LogP contribution in [0.25, 0.3) is 0 Å². The molecule has 1 aromatic rings. The van der Waals surface area contributed by atoms with Crippen LogP contribution in [-0.4, -0.2) is 53.6 Å². The zero-order chi connectivity index (χ0) is 15.9. The topological polar surface area (TPSA) is 43.8 Å². The highest BCUT2D eigenvalue weighted by atomic mass is 32.1. The number of hydrogen-bond acceptors (Lipinski definition) is 4. The Morgan fingerprint density at radius 3 is 2.73 bits per heavy atom. The molecule has 2 aliphatic rings. The fourth-order valence-corrected chi connectivity index (χ4v) is 4.89. The highest BCUT2D eigenvalue weighted by Crippen LogP contribution is 2.43. The van der Waals surface area contributed by atoms with Crippen molar-refractivity contribution in [2.45, 2.75) is 27.3 Å². The Labute approximate surface area is 136 Å². The molecule has 1 N–H and O–H groups in total. The van der Waals surface area contributed by atoms with Gasteiger partial charge in [0.2, 0.25) is 5.91 Å². The molecule has 4 nitrogen and oxygen atoms in total. The Kier molecular flexibility index (Phi) is 4.32. The van der Waals surface area contributed by atoms with Gasteiger partial charge in [0.1, 0.15) is 0 Å². The van der Waals surface area contributed by atoms with Crippen LogP contribution in [0.4, 0.5) is 0 Å². The summed E-state index contributed by atoms with van der Waals surface area (Å²) in [6, 6.07) is 4.37. The zero-order valence-corrected chi connectivity index (χ0v) is 14.5. The van der Waals surface area contributed by atoms with Gasteiger partial charge in [-0.3, -0.25) is 9.69 Å². The second kappa shape index (κ2) is 5.95. The van der Waals surface area contributed by atoms with Crippen LogP contribution in [0.5, 0.6) is 0 Å². The molecule has 0 unspecified atom stereocenters. The lowest BCUT2D eigenvalue weighted by molar-refractivity contribution is -0.134. The number of thiophene rings is 1. The van der Waals surface area contributed by atoms with Gasteiger partial charge < -0.3 is 10.0 Å². The van der Waals surface area contributed by atoms with E-state index in [2.05, 4.69) is 24.0 Å². The van der Waals surface area contributed by atoms with Gasteiger partial charge in [-0.2, -0.15) is 0 Å². The summed E-state index contributed by atoms with van der Waals surface area (Å²) in [6.45, 7) is 10.6. The molecule has 2 saturated heterocycles. The summed E-state index contributed by atoms with van der Waals surface area (Å²) >= 11 is 1.85. The number of carbonyl (C=O) groups excluding carboxylic acids is 1. The molecule has 0 bridgehead atoms. The molecule has 0 aliphatic carbocycles. The normalized spacial score (nSPS) is 28.6. The van der Waals surface area contributed by atoms with Gasteiger partial charge in [0.05, 0.1) is 6.61 Å². The molecule has 0 radical (unpaired) electrons. The van der Waals surface area contributed by atoms with Crippen LogP contribution in [0.1, 0.15) is 23.6 Å². The fourth-order valence-electron chi connectivity index (χ4n) is 3.96. The van der Waals surface area contributed by atoms with Gasteiger partial charge in [-0.15, -0.1) is 11.3 Å². The van der Waals surface area contributed by atoms with E-state index in [0.29, 0.717) is 12.5 Å². The molecule has 1 aromatic heterocycles. The number of aliphatic hydroxyl groups excluding tert-OH is 1. The number of aliphatic hydroxyl groups is 1. The first-order chi connectivity index (χ1) is 10.4. The van der Waals surface area contributed by atoms with Gasteiger partial charge in [0.15, 0.2) is 0 Å². The highest BCUT2D eigenvalue weighted by molar-refractivity contribution is 7.11. The lowest BCUT2D eigenvalue weighted by Crippen LogP contribution is -2.40. The second-order valence-electron chi connectivity index (χ2n) is 7.27. The SMILES string of the molecule is Cc1ccc(CN2C[C@H]3CN(C(=O)C(C)C)C[C@@]3(CO)C2)s1. The van der Waals surface area contributed by atoms with E-state index < -0.39 is 0 Å². The number of nitrogens with zero attached hydrogens (tertiary/aromatic N) is 2. The van der Waals surface area contributed by atoms with Gasteiger partial charge in [-0.1, -0.05) is 13.8 Å². The molecule has 2 fully saturated rings. The van der Waals surface area contributed by atoms with E-state index in [1.807, 2.05) is 30.1 Å². The predicted molar refractivity (Wildman–Crippen MR) is 88.8 cm³/mol. The number of hydrogen-bond donors (Lipinski definition) is 1. The Hall–Kier alpha value is -0.910. The van der Waals surface area contributed by atoms with Gasteiger partial charge in [-0.25, -0.2) is 0 Å². The molecular weight excluding hydrogens is 296 g/mol. The van der Waals surface area contributed by atoms with E-state index in [4.69, 9.17) is 0 Å². The van der Waals surface area contributed by atoms with Crippen molar-refractivity contribution in [2.75, 3.05) is 32.8 Å². The van der Waals surface area contributed by atoms with Gasteiger partial charge in [0.25, 0.3) is 0 Å². The van der Waals surface area contributed by atoms with Gasteiger partial charge in [0, 0.05) is 53.8 Å². The van der Waals surface area contributed by atoms with Crippen molar-refractivity contribution in [3.63, 3.8) is 0 Å². The number of likely N-dealkylation sites (tertiary alicyclic amines) is 2. The van der Waals surface area contributed by atoms with Gasteiger partial charge >= 0.3 is 0 Å². The molecule has 122 valence electrons. The average Bonchev–Trinajstić information content (AvgIpc) is 3.10. The molecule has 22 heavy (non-hydrogen) atoms. The lowest BCUT2D eigenvalue weighted by Gasteiger charge is -2.27. The van der Waals surface area contributed by atoms with E-state index in [1.54, 1.807) is 0 Å². The number of carbonyl (C=O) groups is 1. The Morgan fingerprint density at radius 2 is 2.18 bits per heavy atom. The summed E-state index contributed by atoms with van der Waals surface area (Å²) in [4.78, 5) is 19.4. The number of aryl methyl sites for hydroxylation is 1. The van der Waals surface area contributed by atoms with Crippen LogP contribution in [0, 0.1) is 24.2 Å². The van der Waals surface area contributed by atoms with Crippen molar-refractivity contribution >= 4 is 17.2 Å². The molecule has 0 aromatic carbocycles. The average molecular weight is 322 g/mol. The molecule has 1 amide bonds. The van der Waals surface area contributed by atoms with Crippen LogP contribution < -0.4 is 0 Å².